The minimum Gasteiger partial charge on any atom is -0.449 e. The third kappa shape index (κ3) is 4.29. The van der Waals surface area contributed by atoms with Gasteiger partial charge in [-0.25, -0.2) is 17.5 Å². The predicted octanol–water partition coefficient (Wildman–Crippen LogP) is 0.761. The SMILES string of the molecule is C[C@H](OC(=O)c1cccc(S(=O)(=O)N(C)C)c1)C(=O)NC1CC1. The van der Waals surface area contributed by atoms with Crippen LogP contribution in [0.2, 0.25) is 0 Å². The normalized spacial score (nSPS) is 16.0. The van der Waals surface area contributed by atoms with E-state index in [1.165, 1.54) is 45.3 Å². The number of carbonyl (C=O) groups excluding carboxylic acids is 2. The first-order valence-electron chi connectivity index (χ1n) is 7.26. The Morgan fingerprint density at radius 1 is 1.30 bits per heavy atom. The van der Waals surface area contributed by atoms with Gasteiger partial charge in [-0.1, -0.05) is 6.07 Å². The predicted molar refractivity (Wildman–Crippen MR) is 83.4 cm³/mol. The number of nitrogens with one attached hydrogen (secondary N) is 1. The molecule has 0 radical (unpaired) electrons. The summed E-state index contributed by atoms with van der Waals surface area (Å²) in [5.41, 5.74) is 0.0824. The van der Waals surface area contributed by atoms with E-state index in [-0.39, 0.29) is 22.4 Å². The number of nitrogens with zero attached hydrogens (tertiary/aromatic N) is 1. The lowest BCUT2D eigenvalue weighted by Crippen LogP contribution is -2.37. The van der Waals surface area contributed by atoms with Crippen molar-refractivity contribution >= 4 is 21.9 Å². The minimum atomic E-state index is -3.64. The van der Waals surface area contributed by atoms with Crippen molar-refractivity contribution in [1.82, 2.24) is 9.62 Å². The molecular weight excluding hydrogens is 320 g/mol. The van der Waals surface area contributed by atoms with Crippen LogP contribution >= 0.6 is 0 Å². The maximum absolute atomic E-state index is 12.1. The van der Waals surface area contributed by atoms with E-state index in [4.69, 9.17) is 4.74 Å². The molecule has 7 nitrogen and oxygen atoms in total. The number of ether oxygens (including phenoxy) is 1. The number of hydrogen-bond acceptors (Lipinski definition) is 5. The molecule has 0 saturated heterocycles. The van der Waals surface area contributed by atoms with Crippen molar-refractivity contribution < 1.29 is 22.7 Å². The molecule has 1 fully saturated rings. The first-order valence-corrected chi connectivity index (χ1v) is 8.70. The molecule has 1 aliphatic carbocycles. The van der Waals surface area contributed by atoms with Crippen molar-refractivity contribution in [3.63, 3.8) is 0 Å². The highest BCUT2D eigenvalue weighted by molar-refractivity contribution is 7.89. The average molecular weight is 340 g/mol. The summed E-state index contributed by atoms with van der Waals surface area (Å²) in [4.78, 5) is 23.9. The van der Waals surface area contributed by atoms with Crippen LogP contribution in [-0.4, -0.2) is 50.8 Å². The summed E-state index contributed by atoms with van der Waals surface area (Å²) in [5.74, 6) is -1.09. The van der Waals surface area contributed by atoms with Gasteiger partial charge in [-0.15, -0.1) is 0 Å². The Morgan fingerprint density at radius 3 is 2.52 bits per heavy atom. The molecule has 0 aliphatic heterocycles. The zero-order valence-corrected chi connectivity index (χ0v) is 14.1. The van der Waals surface area contributed by atoms with E-state index in [1.54, 1.807) is 0 Å². The molecule has 126 valence electrons. The summed E-state index contributed by atoms with van der Waals surface area (Å²) in [6.07, 6.45) is 0.949. The van der Waals surface area contributed by atoms with Gasteiger partial charge in [0, 0.05) is 20.1 Å². The summed E-state index contributed by atoms with van der Waals surface area (Å²) in [5, 5.41) is 2.74. The van der Waals surface area contributed by atoms with Crippen LogP contribution in [0.3, 0.4) is 0 Å². The number of hydrogen-bond donors (Lipinski definition) is 1. The fraction of sp³-hybridized carbons (Fsp3) is 0.467. The number of rotatable bonds is 6. The summed E-state index contributed by atoms with van der Waals surface area (Å²) < 4.78 is 30.3. The zero-order valence-electron chi connectivity index (χ0n) is 13.3. The van der Waals surface area contributed by atoms with Gasteiger partial charge in [0.2, 0.25) is 10.0 Å². The van der Waals surface area contributed by atoms with Crippen LogP contribution in [0, 0.1) is 0 Å². The topological polar surface area (TPSA) is 92.8 Å². The molecule has 2 rings (SSSR count). The molecular formula is C15H20N2O5S. The third-order valence-electron chi connectivity index (χ3n) is 3.43. The van der Waals surface area contributed by atoms with E-state index in [0.29, 0.717) is 0 Å². The van der Waals surface area contributed by atoms with Crippen molar-refractivity contribution in [2.75, 3.05) is 14.1 Å². The molecule has 1 aromatic carbocycles. The Bertz CT molecular complexity index is 710. The summed E-state index contributed by atoms with van der Waals surface area (Å²) in [6, 6.07) is 5.72. The van der Waals surface area contributed by atoms with Crippen molar-refractivity contribution in [3.8, 4) is 0 Å². The molecule has 1 aliphatic rings. The molecule has 1 N–H and O–H groups in total. The van der Waals surface area contributed by atoms with E-state index in [1.807, 2.05) is 0 Å². The van der Waals surface area contributed by atoms with E-state index in [2.05, 4.69) is 5.32 Å². The Hall–Kier alpha value is -1.93. The fourth-order valence-electron chi connectivity index (χ4n) is 1.82. The van der Waals surface area contributed by atoms with Gasteiger partial charge in [0.05, 0.1) is 10.5 Å². The van der Waals surface area contributed by atoms with Crippen molar-refractivity contribution in [2.45, 2.75) is 36.8 Å². The van der Waals surface area contributed by atoms with E-state index >= 15 is 0 Å². The smallest absolute Gasteiger partial charge is 0.338 e. The quantitative estimate of drug-likeness (QED) is 0.772. The average Bonchev–Trinajstić information content (AvgIpc) is 3.31. The third-order valence-corrected chi connectivity index (χ3v) is 5.24. The Morgan fingerprint density at radius 2 is 1.96 bits per heavy atom. The summed E-state index contributed by atoms with van der Waals surface area (Å²) in [7, 11) is -0.824. The van der Waals surface area contributed by atoms with Gasteiger partial charge in [-0.3, -0.25) is 4.79 Å². The van der Waals surface area contributed by atoms with Gasteiger partial charge in [0.25, 0.3) is 5.91 Å². The van der Waals surface area contributed by atoms with Crippen LogP contribution in [0.15, 0.2) is 29.2 Å². The van der Waals surface area contributed by atoms with Gasteiger partial charge in [0.1, 0.15) is 0 Å². The lowest BCUT2D eigenvalue weighted by atomic mass is 10.2. The van der Waals surface area contributed by atoms with E-state index in [9.17, 15) is 18.0 Å². The fourth-order valence-corrected chi connectivity index (χ4v) is 2.77. The number of sulfonamides is 1. The van der Waals surface area contributed by atoms with Gasteiger partial charge < -0.3 is 10.1 Å². The Labute approximate surface area is 135 Å². The van der Waals surface area contributed by atoms with Crippen molar-refractivity contribution in [2.24, 2.45) is 0 Å². The highest BCUT2D eigenvalue weighted by Gasteiger charge is 2.27. The van der Waals surface area contributed by atoms with Crippen molar-refractivity contribution in [3.05, 3.63) is 29.8 Å². The molecule has 8 heteroatoms. The van der Waals surface area contributed by atoms with Gasteiger partial charge >= 0.3 is 5.97 Å². The largest absolute Gasteiger partial charge is 0.449 e. The number of carbonyl (C=O) groups is 2. The van der Waals surface area contributed by atoms with Crippen LogP contribution in [-0.2, 0) is 19.6 Å². The monoisotopic (exact) mass is 340 g/mol. The van der Waals surface area contributed by atoms with E-state index in [0.717, 1.165) is 17.1 Å². The van der Waals surface area contributed by atoms with Crippen LogP contribution in [0.1, 0.15) is 30.1 Å². The number of benzene rings is 1. The molecule has 1 aromatic rings. The molecule has 0 spiro atoms. The molecule has 1 amide bonds. The molecule has 23 heavy (non-hydrogen) atoms. The van der Waals surface area contributed by atoms with Crippen molar-refractivity contribution in [1.29, 1.82) is 0 Å². The maximum Gasteiger partial charge on any atom is 0.338 e. The second kappa shape index (κ2) is 6.67. The highest BCUT2D eigenvalue weighted by atomic mass is 32.2. The number of amides is 1. The summed E-state index contributed by atoms with van der Waals surface area (Å²) >= 11 is 0. The van der Waals surface area contributed by atoms with E-state index < -0.39 is 22.1 Å². The summed E-state index contributed by atoms with van der Waals surface area (Å²) in [6.45, 7) is 1.48. The van der Waals surface area contributed by atoms with Crippen LogP contribution in [0.5, 0.6) is 0 Å². The molecule has 1 atom stereocenters. The zero-order chi connectivity index (χ0) is 17.2. The Balaban J connectivity index is 2.09. The first kappa shape index (κ1) is 17.4. The van der Waals surface area contributed by atoms with Crippen LogP contribution in [0.25, 0.3) is 0 Å². The molecule has 0 aromatic heterocycles. The number of esters is 1. The second-order valence-electron chi connectivity index (χ2n) is 5.65. The lowest BCUT2D eigenvalue weighted by molar-refractivity contribution is -0.129. The molecule has 0 heterocycles. The van der Waals surface area contributed by atoms with Gasteiger partial charge in [0.15, 0.2) is 6.10 Å². The lowest BCUT2D eigenvalue weighted by Gasteiger charge is -2.14. The standard InChI is InChI=1S/C15H20N2O5S/c1-10(14(18)16-12-7-8-12)22-15(19)11-5-4-6-13(9-11)23(20,21)17(2)3/h4-6,9-10,12H,7-8H2,1-3H3,(H,16,18)/t10-/m0/s1. The Kier molecular flexibility index (Phi) is 5.06. The molecule has 0 bridgehead atoms. The van der Waals surface area contributed by atoms with Gasteiger partial charge in [-0.05, 0) is 38.0 Å². The molecule has 1 saturated carbocycles. The van der Waals surface area contributed by atoms with Crippen LogP contribution in [0.4, 0.5) is 0 Å². The second-order valence-corrected chi connectivity index (χ2v) is 7.80. The minimum absolute atomic E-state index is 0.00737. The maximum atomic E-state index is 12.1. The molecule has 0 unspecified atom stereocenters. The van der Waals surface area contributed by atoms with Crippen LogP contribution < -0.4 is 5.32 Å². The van der Waals surface area contributed by atoms with Gasteiger partial charge in [-0.2, -0.15) is 0 Å². The highest BCUT2D eigenvalue weighted by Crippen LogP contribution is 2.19. The first-order chi connectivity index (χ1) is 10.7.